The summed E-state index contributed by atoms with van der Waals surface area (Å²) in [6, 6.07) is 11.0. The van der Waals surface area contributed by atoms with Gasteiger partial charge in [-0.2, -0.15) is 0 Å². The Morgan fingerprint density at radius 3 is 2.53 bits per heavy atom. The number of fused-ring (bicyclic) bond motifs is 1. The van der Waals surface area contributed by atoms with Gasteiger partial charge in [0.25, 0.3) is 0 Å². The molecule has 2 heterocycles. The van der Waals surface area contributed by atoms with Gasteiger partial charge >= 0.3 is 0 Å². The Balaban J connectivity index is 1.42. The van der Waals surface area contributed by atoms with Crippen molar-refractivity contribution in [3.05, 3.63) is 57.3 Å². The average molecular weight is 272 g/mol. The van der Waals surface area contributed by atoms with Crippen molar-refractivity contribution < 1.29 is 0 Å². The van der Waals surface area contributed by atoms with Gasteiger partial charge in [-0.15, -0.1) is 11.3 Å². The van der Waals surface area contributed by atoms with Gasteiger partial charge in [-0.05, 0) is 35.1 Å². The highest BCUT2D eigenvalue weighted by Gasteiger charge is 2.17. The molecule has 100 valence electrons. The van der Waals surface area contributed by atoms with E-state index in [1.54, 1.807) is 0 Å². The van der Waals surface area contributed by atoms with Crippen LogP contribution in [0.25, 0.3) is 0 Å². The summed E-state index contributed by atoms with van der Waals surface area (Å²) in [5.41, 5.74) is 4.40. The van der Waals surface area contributed by atoms with E-state index in [0.29, 0.717) is 0 Å². The molecule has 0 spiro atoms. The van der Waals surface area contributed by atoms with Crippen LogP contribution in [0.2, 0.25) is 0 Å². The molecule has 1 N–H and O–H groups in total. The minimum atomic E-state index is 1.00. The lowest BCUT2D eigenvalue weighted by atomic mass is 10.1. The number of hydrogen-bond acceptors (Lipinski definition) is 3. The monoisotopic (exact) mass is 272 g/mol. The molecule has 1 aliphatic rings. The van der Waals surface area contributed by atoms with Crippen LogP contribution in [-0.4, -0.2) is 18.0 Å². The smallest absolute Gasteiger partial charge is 0.0302 e. The number of aryl methyl sites for hydroxylation is 1. The molecule has 2 aromatic rings. The van der Waals surface area contributed by atoms with E-state index >= 15 is 0 Å². The van der Waals surface area contributed by atoms with Crippen LogP contribution in [0.15, 0.2) is 35.7 Å². The summed E-state index contributed by atoms with van der Waals surface area (Å²) in [6.07, 6.45) is 0. The van der Waals surface area contributed by atoms with Crippen molar-refractivity contribution in [1.82, 2.24) is 10.2 Å². The first-order chi connectivity index (χ1) is 9.33. The van der Waals surface area contributed by atoms with Crippen LogP contribution in [0.3, 0.4) is 0 Å². The molecule has 0 atom stereocenters. The first-order valence-corrected chi connectivity index (χ1v) is 7.74. The molecule has 2 nitrogen and oxygen atoms in total. The topological polar surface area (TPSA) is 15.3 Å². The van der Waals surface area contributed by atoms with Crippen molar-refractivity contribution in [2.75, 3.05) is 13.1 Å². The van der Waals surface area contributed by atoms with E-state index in [9.17, 15) is 0 Å². The van der Waals surface area contributed by atoms with Crippen molar-refractivity contribution >= 4 is 11.3 Å². The van der Waals surface area contributed by atoms with Crippen LogP contribution in [0.5, 0.6) is 0 Å². The zero-order valence-corrected chi connectivity index (χ0v) is 12.2. The molecule has 3 heteroatoms. The van der Waals surface area contributed by atoms with Gasteiger partial charge in [0.2, 0.25) is 0 Å². The standard InChI is InChI=1S/C16H20N2S/c1-13-6-9-19-16(13)10-17-7-8-18-11-14-4-2-3-5-15(14)12-18/h2-6,9,17H,7-8,10-12H2,1H3. The Hall–Kier alpha value is -1.16. The number of hydrogen-bond donors (Lipinski definition) is 1. The molecular weight excluding hydrogens is 252 g/mol. The first kappa shape index (κ1) is 12.9. The fraction of sp³-hybridized carbons (Fsp3) is 0.375. The molecule has 0 radical (unpaired) electrons. The second kappa shape index (κ2) is 5.87. The first-order valence-electron chi connectivity index (χ1n) is 6.86. The van der Waals surface area contributed by atoms with Gasteiger partial charge in [0.05, 0.1) is 0 Å². The maximum Gasteiger partial charge on any atom is 0.0302 e. The highest BCUT2D eigenvalue weighted by Crippen LogP contribution is 2.21. The van der Waals surface area contributed by atoms with Gasteiger partial charge in [0.1, 0.15) is 0 Å². The minimum Gasteiger partial charge on any atom is -0.311 e. The molecule has 3 rings (SSSR count). The molecule has 0 aliphatic carbocycles. The Kier molecular flexibility index (Phi) is 3.97. The number of rotatable bonds is 5. The predicted octanol–water partition coefficient (Wildman–Crippen LogP) is 3.16. The van der Waals surface area contributed by atoms with Crippen molar-refractivity contribution in [2.45, 2.75) is 26.6 Å². The number of thiophene rings is 1. The predicted molar refractivity (Wildman–Crippen MR) is 81.3 cm³/mol. The van der Waals surface area contributed by atoms with E-state index in [4.69, 9.17) is 0 Å². The molecule has 0 saturated heterocycles. The Bertz CT molecular complexity index is 522. The van der Waals surface area contributed by atoms with Crippen molar-refractivity contribution in [3.8, 4) is 0 Å². The van der Waals surface area contributed by atoms with Crippen LogP contribution in [-0.2, 0) is 19.6 Å². The second-order valence-corrected chi connectivity index (χ2v) is 6.18. The highest BCUT2D eigenvalue weighted by molar-refractivity contribution is 7.10. The van der Waals surface area contributed by atoms with Crippen molar-refractivity contribution in [1.29, 1.82) is 0 Å². The molecule has 0 bridgehead atoms. The molecule has 0 unspecified atom stereocenters. The largest absolute Gasteiger partial charge is 0.311 e. The lowest BCUT2D eigenvalue weighted by molar-refractivity contribution is 0.283. The van der Waals surface area contributed by atoms with Crippen LogP contribution >= 0.6 is 11.3 Å². The van der Waals surface area contributed by atoms with Crippen LogP contribution in [0.4, 0.5) is 0 Å². The summed E-state index contributed by atoms with van der Waals surface area (Å²) in [6.45, 7) is 7.59. The van der Waals surface area contributed by atoms with E-state index < -0.39 is 0 Å². The third kappa shape index (κ3) is 3.06. The molecular formula is C16H20N2S. The number of benzene rings is 1. The summed E-state index contributed by atoms with van der Waals surface area (Å²) in [5, 5.41) is 5.72. The molecule has 0 fully saturated rings. The Morgan fingerprint density at radius 1 is 1.16 bits per heavy atom. The van der Waals surface area contributed by atoms with Crippen molar-refractivity contribution in [2.24, 2.45) is 0 Å². The zero-order valence-electron chi connectivity index (χ0n) is 11.4. The zero-order chi connectivity index (χ0) is 13.1. The summed E-state index contributed by atoms with van der Waals surface area (Å²) in [4.78, 5) is 3.98. The lowest BCUT2D eigenvalue weighted by Gasteiger charge is -2.15. The van der Waals surface area contributed by atoms with E-state index in [1.165, 1.54) is 21.6 Å². The molecule has 1 aromatic carbocycles. The fourth-order valence-corrected chi connectivity index (χ4v) is 3.46. The van der Waals surface area contributed by atoms with Crippen LogP contribution in [0.1, 0.15) is 21.6 Å². The van der Waals surface area contributed by atoms with Crippen LogP contribution in [0, 0.1) is 6.92 Å². The summed E-state index contributed by atoms with van der Waals surface area (Å²) in [7, 11) is 0. The maximum atomic E-state index is 3.55. The van der Waals surface area contributed by atoms with E-state index in [2.05, 4.69) is 52.9 Å². The van der Waals surface area contributed by atoms with Gasteiger partial charge in [0.15, 0.2) is 0 Å². The van der Waals surface area contributed by atoms with Crippen LogP contribution < -0.4 is 5.32 Å². The lowest BCUT2D eigenvalue weighted by Crippen LogP contribution is -2.28. The fourth-order valence-electron chi connectivity index (χ4n) is 2.59. The van der Waals surface area contributed by atoms with Gasteiger partial charge in [0, 0.05) is 37.6 Å². The quantitative estimate of drug-likeness (QED) is 0.841. The number of nitrogens with zero attached hydrogens (tertiary/aromatic N) is 1. The Labute approximate surface area is 119 Å². The molecule has 0 saturated carbocycles. The minimum absolute atomic E-state index is 1.00. The highest BCUT2D eigenvalue weighted by atomic mass is 32.1. The normalized spacial score (nSPS) is 14.8. The molecule has 19 heavy (non-hydrogen) atoms. The SMILES string of the molecule is Cc1ccsc1CNCCN1Cc2ccccc2C1. The third-order valence-corrected chi connectivity index (χ3v) is 4.79. The molecule has 1 aliphatic heterocycles. The maximum absolute atomic E-state index is 3.55. The Morgan fingerprint density at radius 2 is 1.89 bits per heavy atom. The molecule has 1 aromatic heterocycles. The third-order valence-electron chi connectivity index (χ3n) is 3.76. The summed E-state index contributed by atoms with van der Waals surface area (Å²) >= 11 is 1.85. The van der Waals surface area contributed by atoms with Gasteiger partial charge in [-0.1, -0.05) is 24.3 Å². The molecule has 0 amide bonds. The van der Waals surface area contributed by atoms with E-state index in [0.717, 1.165) is 32.7 Å². The number of nitrogens with one attached hydrogen (secondary N) is 1. The summed E-state index contributed by atoms with van der Waals surface area (Å²) in [5.74, 6) is 0. The van der Waals surface area contributed by atoms with Gasteiger partial charge in [-0.3, -0.25) is 4.90 Å². The van der Waals surface area contributed by atoms with E-state index in [1.807, 2.05) is 11.3 Å². The van der Waals surface area contributed by atoms with Gasteiger partial charge in [-0.25, -0.2) is 0 Å². The second-order valence-electron chi connectivity index (χ2n) is 5.18. The van der Waals surface area contributed by atoms with Crippen molar-refractivity contribution in [3.63, 3.8) is 0 Å². The van der Waals surface area contributed by atoms with E-state index in [-0.39, 0.29) is 0 Å². The summed E-state index contributed by atoms with van der Waals surface area (Å²) < 4.78 is 0. The average Bonchev–Trinajstić information content (AvgIpc) is 3.00. The van der Waals surface area contributed by atoms with Gasteiger partial charge < -0.3 is 5.32 Å².